The first-order valence-electron chi connectivity index (χ1n) is 7.83. The van der Waals surface area contributed by atoms with E-state index in [1.807, 2.05) is 13.0 Å². The van der Waals surface area contributed by atoms with E-state index < -0.39 is 22.1 Å². The molecular weight excluding hydrogens is 356 g/mol. The number of imide groups is 1. The Morgan fingerprint density at radius 3 is 2.65 bits per heavy atom. The van der Waals surface area contributed by atoms with Gasteiger partial charge in [-0.1, -0.05) is 12.1 Å². The number of hydrogen-bond acceptors (Lipinski definition) is 6. The molecule has 1 fully saturated rings. The zero-order valence-corrected chi connectivity index (χ0v) is 14.4. The van der Waals surface area contributed by atoms with Gasteiger partial charge in [-0.3, -0.25) is 24.5 Å². The molecule has 4 rings (SSSR count). The summed E-state index contributed by atoms with van der Waals surface area (Å²) in [6.07, 6.45) is 2.47. The van der Waals surface area contributed by atoms with Gasteiger partial charge in [0.15, 0.2) is 5.58 Å². The SMILES string of the molecule is CCn1c(=O)c2c(=O)c(/C=C3\SC(=O)NC3=O)coc2c2ccccc21. The van der Waals surface area contributed by atoms with Gasteiger partial charge in [-0.25, -0.2) is 0 Å². The van der Waals surface area contributed by atoms with E-state index in [9.17, 15) is 19.2 Å². The summed E-state index contributed by atoms with van der Waals surface area (Å²) >= 11 is 0.695. The molecule has 3 aromatic rings. The van der Waals surface area contributed by atoms with Crippen LogP contribution in [0.2, 0.25) is 0 Å². The Bertz CT molecular complexity index is 1250. The molecule has 0 unspecified atom stereocenters. The van der Waals surface area contributed by atoms with Crippen LogP contribution in [0.15, 0.2) is 49.4 Å². The normalized spacial score (nSPS) is 16.0. The Morgan fingerprint density at radius 2 is 1.96 bits per heavy atom. The van der Waals surface area contributed by atoms with Crippen LogP contribution in [-0.2, 0) is 11.3 Å². The maximum atomic E-state index is 12.9. The molecule has 1 aliphatic rings. The lowest BCUT2D eigenvalue weighted by molar-refractivity contribution is -0.115. The summed E-state index contributed by atoms with van der Waals surface area (Å²) in [5.41, 5.74) is -0.0562. The van der Waals surface area contributed by atoms with Gasteiger partial charge >= 0.3 is 0 Å². The van der Waals surface area contributed by atoms with Gasteiger partial charge in [0.1, 0.15) is 11.6 Å². The third kappa shape index (κ3) is 2.38. The van der Waals surface area contributed by atoms with Crippen LogP contribution in [0.4, 0.5) is 4.79 Å². The predicted octanol–water partition coefficient (Wildman–Crippen LogP) is 2.45. The first-order chi connectivity index (χ1) is 12.5. The summed E-state index contributed by atoms with van der Waals surface area (Å²) in [5.74, 6) is -0.580. The Morgan fingerprint density at radius 1 is 1.19 bits per heavy atom. The minimum absolute atomic E-state index is 0.0416. The molecule has 130 valence electrons. The third-order valence-electron chi connectivity index (χ3n) is 4.16. The van der Waals surface area contributed by atoms with Gasteiger partial charge in [0.2, 0.25) is 5.43 Å². The van der Waals surface area contributed by atoms with Crippen LogP contribution < -0.4 is 16.3 Å². The van der Waals surface area contributed by atoms with Crippen LogP contribution in [0, 0.1) is 0 Å². The number of nitrogens with zero attached hydrogens (tertiary/aromatic N) is 1. The fourth-order valence-electron chi connectivity index (χ4n) is 3.00. The van der Waals surface area contributed by atoms with Crippen molar-refractivity contribution >= 4 is 50.9 Å². The Hall–Kier alpha value is -3.13. The predicted molar refractivity (Wildman–Crippen MR) is 99.0 cm³/mol. The molecule has 0 spiro atoms. The van der Waals surface area contributed by atoms with E-state index in [4.69, 9.17) is 4.42 Å². The van der Waals surface area contributed by atoms with E-state index in [1.54, 1.807) is 18.2 Å². The smallest absolute Gasteiger partial charge is 0.290 e. The lowest BCUT2D eigenvalue weighted by Gasteiger charge is -2.10. The highest BCUT2D eigenvalue weighted by atomic mass is 32.2. The standard InChI is InChI=1S/C18H12N2O5S/c1-2-20-11-6-4-3-5-10(11)15-13(17(20)23)14(21)9(8-25-15)7-12-16(22)19-18(24)26-12/h3-8H,2H2,1H3,(H,19,22,24)/b12-7-. The van der Waals surface area contributed by atoms with Gasteiger partial charge < -0.3 is 8.98 Å². The number of thioether (sulfide) groups is 1. The minimum Gasteiger partial charge on any atom is -0.463 e. The van der Waals surface area contributed by atoms with E-state index in [0.29, 0.717) is 29.2 Å². The van der Waals surface area contributed by atoms with Gasteiger partial charge in [0.25, 0.3) is 16.7 Å². The van der Waals surface area contributed by atoms with Crippen LogP contribution in [0.3, 0.4) is 0 Å². The number of carbonyl (C=O) groups is 2. The van der Waals surface area contributed by atoms with E-state index >= 15 is 0 Å². The molecule has 0 radical (unpaired) electrons. The van der Waals surface area contributed by atoms with Crippen molar-refractivity contribution in [1.29, 1.82) is 0 Å². The highest BCUT2D eigenvalue weighted by molar-refractivity contribution is 8.18. The van der Waals surface area contributed by atoms with Crippen molar-refractivity contribution in [2.24, 2.45) is 0 Å². The second-order valence-corrected chi connectivity index (χ2v) is 6.66. The summed E-state index contributed by atoms with van der Waals surface area (Å²) in [6.45, 7) is 2.21. The molecule has 0 aliphatic carbocycles. The number of pyridine rings is 1. The minimum atomic E-state index is -0.580. The largest absolute Gasteiger partial charge is 0.463 e. The lowest BCUT2D eigenvalue weighted by atomic mass is 10.1. The average Bonchev–Trinajstić information content (AvgIpc) is 2.94. The molecule has 8 heteroatoms. The van der Waals surface area contributed by atoms with E-state index in [1.165, 1.54) is 16.9 Å². The number of aryl methyl sites for hydroxylation is 1. The van der Waals surface area contributed by atoms with E-state index in [2.05, 4.69) is 5.32 Å². The fraction of sp³-hybridized carbons (Fsp3) is 0.111. The first kappa shape index (κ1) is 16.3. The average molecular weight is 368 g/mol. The van der Waals surface area contributed by atoms with Gasteiger partial charge in [-0.05, 0) is 36.9 Å². The number of benzene rings is 1. The van der Waals surface area contributed by atoms with Crippen LogP contribution in [0.5, 0.6) is 0 Å². The summed E-state index contributed by atoms with van der Waals surface area (Å²) in [7, 11) is 0. The number of aromatic nitrogens is 1. The van der Waals surface area contributed by atoms with Crippen molar-refractivity contribution in [3.8, 4) is 0 Å². The van der Waals surface area contributed by atoms with Crippen LogP contribution >= 0.6 is 11.8 Å². The van der Waals surface area contributed by atoms with Gasteiger partial charge in [0.05, 0.1) is 16.0 Å². The number of nitrogens with one attached hydrogen (secondary N) is 1. The number of para-hydroxylation sites is 1. The summed E-state index contributed by atoms with van der Waals surface area (Å²) in [5, 5.41) is 2.19. The van der Waals surface area contributed by atoms with Crippen molar-refractivity contribution in [2.75, 3.05) is 0 Å². The second kappa shape index (κ2) is 5.99. The van der Waals surface area contributed by atoms with Gasteiger partial charge in [-0.2, -0.15) is 0 Å². The van der Waals surface area contributed by atoms with Crippen LogP contribution in [0.1, 0.15) is 12.5 Å². The zero-order valence-electron chi connectivity index (χ0n) is 13.6. The molecular formula is C18H12N2O5S. The first-order valence-corrected chi connectivity index (χ1v) is 8.64. The third-order valence-corrected chi connectivity index (χ3v) is 4.97. The Labute approximate surface area is 150 Å². The maximum Gasteiger partial charge on any atom is 0.290 e. The lowest BCUT2D eigenvalue weighted by Crippen LogP contribution is -2.25. The van der Waals surface area contributed by atoms with Crippen molar-refractivity contribution < 1.29 is 14.0 Å². The van der Waals surface area contributed by atoms with Crippen molar-refractivity contribution in [3.05, 3.63) is 61.6 Å². The molecule has 7 nitrogen and oxygen atoms in total. The van der Waals surface area contributed by atoms with Crippen molar-refractivity contribution in [1.82, 2.24) is 9.88 Å². The number of carbonyl (C=O) groups excluding carboxylic acids is 2. The summed E-state index contributed by atoms with van der Waals surface area (Å²) in [6, 6.07) is 7.18. The number of rotatable bonds is 2. The molecule has 1 N–H and O–H groups in total. The zero-order chi connectivity index (χ0) is 18.4. The Kier molecular flexibility index (Phi) is 3.77. The maximum absolute atomic E-state index is 12.9. The van der Waals surface area contributed by atoms with Crippen molar-refractivity contribution in [3.63, 3.8) is 0 Å². The summed E-state index contributed by atoms with van der Waals surface area (Å²) in [4.78, 5) is 48.8. The molecule has 0 atom stereocenters. The molecule has 26 heavy (non-hydrogen) atoms. The monoisotopic (exact) mass is 368 g/mol. The molecule has 1 aliphatic heterocycles. The molecule has 2 aromatic heterocycles. The number of fused-ring (bicyclic) bond motifs is 3. The van der Waals surface area contributed by atoms with Gasteiger partial charge in [-0.15, -0.1) is 0 Å². The molecule has 3 heterocycles. The highest BCUT2D eigenvalue weighted by Gasteiger charge is 2.26. The number of hydrogen-bond donors (Lipinski definition) is 1. The van der Waals surface area contributed by atoms with E-state index in [0.717, 1.165) is 0 Å². The molecule has 1 aromatic carbocycles. The number of amides is 2. The highest BCUT2D eigenvalue weighted by Crippen LogP contribution is 2.26. The molecule has 0 bridgehead atoms. The van der Waals surface area contributed by atoms with Gasteiger partial charge in [0, 0.05) is 11.9 Å². The van der Waals surface area contributed by atoms with Crippen molar-refractivity contribution in [2.45, 2.75) is 13.5 Å². The molecule has 0 saturated carbocycles. The topological polar surface area (TPSA) is 98.4 Å². The van der Waals surface area contributed by atoms with Crippen LogP contribution in [-0.4, -0.2) is 15.7 Å². The molecule has 1 saturated heterocycles. The van der Waals surface area contributed by atoms with Crippen LogP contribution in [0.25, 0.3) is 27.9 Å². The van der Waals surface area contributed by atoms with E-state index in [-0.39, 0.29) is 21.4 Å². The fourth-order valence-corrected chi connectivity index (χ4v) is 3.67. The summed E-state index contributed by atoms with van der Waals surface area (Å²) < 4.78 is 7.11. The second-order valence-electron chi connectivity index (χ2n) is 5.64. The Balaban J connectivity index is 2.07. The molecule has 2 amide bonds. The quantitative estimate of drug-likeness (QED) is 0.551.